The van der Waals surface area contributed by atoms with Gasteiger partial charge < -0.3 is 10.8 Å². The molecule has 0 bridgehead atoms. The maximum Gasteiger partial charge on any atom is 0.304 e. The van der Waals surface area contributed by atoms with E-state index in [1.54, 1.807) is 0 Å². The van der Waals surface area contributed by atoms with Crippen LogP contribution in [0.1, 0.15) is 53.4 Å². The van der Waals surface area contributed by atoms with E-state index >= 15 is 0 Å². The van der Waals surface area contributed by atoms with Crippen LogP contribution < -0.4 is 5.73 Å². The van der Waals surface area contributed by atoms with Crippen molar-refractivity contribution in [1.29, 1.82) is 0 Å². The van der Waals surface area contributed by atoms with Gasteiger partial charge in [-0.3, -0.25) is 4.79 Å². The molecule has 0 heterocycles. The standard InChI is InChI=1S/C13H27NO2/c1-5-11(7-6-9(2)3)10(4)12(14)8-13(15)16/h9-12H,5-8,14H2,1-4H3,(H,15,16). The second kappa shape index (κ2) is 7.66. The molecule has 0 saturated heterocycles. The summed E-state index contributed by atoms with van der Waals surface area (Å²) < 4.78 is 0. The molecule has 0 aliphatic rings. The van der Waals surface area contributed by atoms with Crippen molar-refractivity contribution in [3.63, 3.8) is 0 Å². The van der Waals surface area contributed by atoms with Gasteiger partial charge in [0.15, 0.2) is 0 Å². The van der Waals surface area contributed by atoms with Gasteiger partial charge in [0.2, 0.25) is 0 Å². The number of nitrogens with two attached hydrogens (primary N) is 1. The third kappa shape index (κ3) is 6.11. The Morgan fingerprint density at radius 3 is 2.19 bits per heavy atom. The maximum atomic E-state index is 10.6. The van der Waals surface area contributed by atoms with Crippen molar-refractivity contribution < 1.29 is 9.90 Å². The molecule has 0 aliphatic carbocycles. The molecule has 0 aliphatic heterocycles. The summed E-state index contributed by atoms with van der Waals surface area (Å²) >= 11 is 0. The molecule has 0 saturated carbocycles. The van der Waals surface area contributed by atoms with Gasteiger partial charge >= 0.3 is 5.97 Å². The van der Waals surface area contributed by atoms with Crippen LogP contribution in [0.4, 0.5) is 0 Å². The molecule has 3 N–H and O–H groups in total. The fourth-order valence-electron chi connectivity index (χ4n) is 2.12. The third-order valence-electron chi connectivity index (χ3n) is 3.47. The van der Waals surface area contributed by atoms with E-state index in [2.05, 4.69) is 27.7 Å². The van der Waals surface area contributed by atoms with Gasteiger partial charge in [-0.15, -0.1) is 0 Å². The molecule has 3 nitrogen and oxygen atoms in total. The number of rotatable bonds is 8. The predicted octanol–water partition coefficient (Wildman–Crippen LogP) is 2.89. The van der Waals surface area contributed by atoms with Gasteiger partial charge in [-0.05, 0) is 24.2 Å². The van der Waals surface area contributed by atoms with Crippen LogP contribution in [-0.4, -0.2) is 17.1 Å². The molecule has 0 amide bonds. The molecule has 0 rings (SSSR count). The number of carboxylic acids is 1. The molecule has 0 aromatic carbocycles. The van der Waals surface area contributed by atoms with Gasteiger partial charge in [0.1, 0.15) is 0 Å². The van der Waals surface area contributed by atoms with E-state index in [0.717, 1.165) is 12.8 Å². The zero-order chi connectivity index (χ0) is 12.7. The summed E-state index contributed by atoms with van der Waals surface area (Å²) in [6.45, 7) is 8.68. The van der Waals surface area contributed by atoms with E-state index in [0.29, 0.717) is 17.8 Å². The number of hydrogen-bond donors (Lipinski definition) is 2. The summed E-state index contributed by atoms with van der Waals surface area (Å²) in [5, 5.41) is 8.73. The first-order valence-corrected chi connectivity index (χ1v) is 6.35. The topological polar surface area (TPSA) is 63.3 Å². The SMILES string of the molecule is CCC(CCC(C)C)C(C)C(N)CC(=O)O. The summed E-state index contributed by atoms with van der Waals surface area (Å²) in [6, 6.07) is -0.213. The second-order valence-corrected chi connectivity index (χ2v) is 5.26. The minimum Gasteiger partial charge on any atom is -0.481 e. The highest BCUT2D eigenvalue weighted by Gasteiger charge is 2.23. The highest BCUT2D eigenvalue weighted by atomic mass is 16.4. The van der Waals surface area contributed by atoms with E-state index < -0.39 is 5.97 Å². The summed E-state index contributed by atoms with van der Waals surface area (Å²) in [4.78, 5) is 10.6. The Kier molecular flexibility index (Phi) is 7.39. The summed E-state index contributed by atoms with van der Waals surface area (Å²) in [7, 11) is 0. The van der Waals surface area contributed by atoms with Crippen LogP contribution in [0.25, 0.3) is 0 Å². The largest absolute Gasteiger partial charge is 0.481 e. The van der Waals surface area contributed by atoms with Crippen LogP contribution in [0.2, 0.25) is 0 Å². The van der Waals surface area contributed by atoms with Crippen molar-refractivity contribution in [2.24, 2.45) is 23.5 Å². The van der Waals surface area contributed by atoms with E-state index in [-0.39, 0.29) is 12.5 Å². The fourth-order valence-corrected chi connectivity index (χ4v) is 2.12. The molecule has 3 atom stereocenters. The zero-order valence-corrected chi connectivity index (χ0v) is 11.1. The van der Waals surface area contributed by atoms with Crippen molar-refractivity contribution in [3.8, 4) is 0 Å². The Morgan fingerprint density at radius 2 is 1.81 bits per heavy atom. The molecule has 16 heavy (non-hydrogen) atoms. The van der Waals surface area contributed by atoms with Gasteiger partial charge in [0.25, 0.3) is 0 Å². The van der Waals surface area contributed by atoms with E-state index in [4.69, 9.17) is 10.8 Å². The van der Waals surface area contributed by atoms with Gasteiger partial charge in [-0.2, -0.15) is 0 Å². The molecule has 0 spiro atoms. The Morgan fingerprint density at radius 1 is 1.25 bits per heavy atom. The number of carbonyl (C=O) groups is 1. The van der Waals surface area contributed by atoms with Gasteiger partial charge in [-0.1, -0.05) is 40.5 Å². The first-order valence-electron chi connectivity index (χ1n) is 6.35. The Hall–Kier alpha value is -0.570. The lowest BCUT2D eigenvalue weighted by atomic mass is 9.81. The Balaban J connectivity index is 4.17. The molecule has 0 aromatic heterocycles. The number of hydrogen-bond acceptors (Lipinski definition) is 2. The van der Waals surface area contributed by atoms with Crippen LogP contribution >= 0.6 is 0 Å². The molecular formula is C13H27NO2. The molecular weight excluding hydrogens is 202 g/mol. The van der Waals surface area contributed by atoms with Crippen molar-refractivity contribution in [1.82, 2.24) is 0 Å². The molecule has 0 radical (unpaired) electrons. The first-order chi connectivity index (χ1) is 7.38. The molecule has 3 unspecified atom stereocenters. The number of carboxylic acid groups (broad SMARTS) is 1. The van der Waals surface area contributed by atoms with Crippen molar-refractivity contribution in [2.75, 3.05) is 0 Å². The van der Waals surface area contributed by atoms with Gasteiger partial charge in [0.05, 0.1) is 6.42 Å². The highest BCUT2D eigenvalue weighted by Crippen LogP contribution is 2.26. The Labute approximate surface area is 99.4 Å². The smallest absolute Gasteiger partial charge is 0.304 e. The van der Waals surface area contributed by atoms with Crippen molar-refractivity contribution in [2.45, 2.75) is 59.4 Å². The minimum atomic E-state index is -0.793. The molecule has 96 valence electrons. The monoisotopic (exact) mass is 229 g/mol. The van der Waals surface area contributed by atoms with E-state index in [9.17, 15) is 4.79 Å². The fraction of sp³-hybridized carbons (Fsp3) is 0.923. The van der Waals surface area contributed by atoms with Crippen molar-refractivity contribution >= 4 is 5.97 Å². The van der Waals surface area contributed by atoms with E-state index in [1.165, 1.54) is 6.42 Å². The van der Waals surface area contributed by atoms with E-state index in [1.807, 2.05) is 0 Å². The van der Waals surface area contributed by atoms with Crippen LogP contribution in [0.15, 0.2) is 0 Å². The normalized spacial score (nSPS) is 17.1. The lowest BCUT2D eigenvalue weighted by Crippen LogP contribution is -2.35. The summed E-state index contributed by atoms with van der Waals surface area (Å²) in [5.74, 6) is 0.756. The Bertz CT molecular complexity index is 204. The van der Waals surface area contributed by atoms with Crippen molar-refractivity contribution in [3.05, 3.63) is 0 Å². The highest BCUT2D eigenvalue weighted by molar-refractivity contribution is 5.67. The quantitative estimate of drug-likeness (QED) is 0.672. The zero-order valence-electron chi connectivity index (χ0n) is 11.1. The van der Waals surface area contributed by atoms with Crippen LogP contribution in [-0.2, 0) is 4.79 Å². The maximum absolute atomic E-state index is 10.6. The average molecular weight is 229 g/mol. The predicted molar refractivity (Wildman–Crippen MR) is 67.2 cm³/mol. The summed E-state index contributed by atoms with van der Waals surface area (Å²) in [6.07, 6.45) is 3.52. The first kappa shape index (κ1) is 15.4. The van der Waals surface area contributed by atoms with Crippen LogP contribution in [0.3, 0.4) is 0 Å². The van der Waals surface area contributed by atoms with Crippen LogP contribution in [0.5, 0.6) is 0 Å². The third-order valence-corrected chi connectivity index (χ3v) is 3.47. The average Bonchev–Trinajstić information content (AvgIpc) is 2.16. The lowest BCUT2D eigenvalue weighted by molar-refractivity contribution is -0.137. The lowest BCUT2D eigenvalue weighted by Gasteiger charge is -2.27. The van der Waals surface area contributed by atoms with Crippen LogP contribution in [0, 0.1) is 17.8 Å². The second-order valence-electron chi connectivity index (χ2n) is 5.26. The minimum absolute atomic E-state index is 0.0827. The molecule has 0 fully saturated rings. The summed E-state index contributed by atoms with van der Waals surface area (Å²) in [5.41, 5.74) is 5.92. The molecule has 0 aromatic rings. The molecule has 3 heteroatoms. The van der Waals surface area contributed by atoms with Gasteiger partial charge in [-0.25, -0.2) is 0 Å². The van der Waals surface area contributed by atoms with Gasteiger partial charge in [0, 0.05) is 6.04 Å². The number of aliphatic carboxylic acids is 1.